The van der Waals surface area contributed by atoms with Gasteiger partial charge in [-0.1, -0.05) is 24.3 Å². The van der Waals surface area contributed by atoms with Crippen molar-refractivity contribution in [3.63, 3.8) is 0 Å². The summed E-state index contributed by atoms with van der Waals surface area (Å²) in [5.41, 5.74) is 1.26. The van der Waals surface area contributed by atoms with Gasteiger partial charge in [-0.05, 0) is 18.2 Å². The summed E-state index contributed by atoms with van der Waals surface area (Å²) in [6.07, 6.45) is -0.398. The van der Waals surface area contributed by atoms with E-state index in [0.717, 1.165) is 16.5 Å². The molecule has 0 amide bonds. The molecular weight excluding hydrogens is 294 g/mol. The fourth-order valence-corrected chi connectivity index (χ4v) is 2.78. The van der Waals surface area contributed by atoms with E-state index >= 15 is 0 Å². The van der Waals surface area contributed by atoms with E-state index in [0.29, 0.717) is 11.3 Å². The lowest BCUT2D eigenvalue weighted by atomic mass is 10.2. The fourth-order valence-electron chi connectivity index (χ4n) is 1.91. The first-order valence-electron chi connectivity index (χ1n) is 6.37. The van der Waals surface area contributed by atoms with Crippen LogP contribution in [0.25, 0.3) is 0 Å². The number of benzene rings is 2. The molecule has 0 aliphatic heterocycles. The molecule has 0 atom stereocenters. The van der Waals surface area contributed by atoms with Crippen molar-refractivity contribution in [2.24, 2.45) is 0 Å². The lowest BCUT2D eigenvalue weighted by Crippen LogP contribution is -2.02. The van der Waals surface area contributed by atoms with E-state index in [9.17, 15) is 8.78 Å². The summed E-state index contributed by atoms with van der Waals surface area (Å²) in [7, 11) is 3.15. The Hall–Kier alpha value is -1.43. The number of ether oxygens (including phenoxy) is 2. The Labute approximate surface area is 127 Å². The van der Waals surface area contributed by atoms with Crippen molar-refractivity contribution in [2.75, 3.05) is 14.2 Å². The molecule has 112 valence electrons. The standard InChI is InChI=1S/C16H16F2O2S/c1-19-16(20-2)11-6-8-13(9-7-11)21-10-12-4-3-5-14(17)15(12)18/h3-9,16H,10H2,1-2H3. The Bertz CT molecular complexity index is 583. The number of halogens is 2. The third-order valence-corrected chi connectivity index (χ3v) is 4.07. The van der Waals surface area contributed by atoms with Crippen molar-refractivity contribution in [1.29, 1.82) is 0 Å². The first kappa shape index (κ1) is 15.9. The molecule has 2 rings (SSSR count). The Morgan fingerprint density at radius 1 is 1.00 bits per heavy atom. The van der Waals surface area contributed by atoms with E-state index < -0.39 is 17.9 Å². The maximum atomic E-state index is 13.5. The summed E-state index contributed by atoms with van der Waals surface area (Å²) in [5, 5.41) is 0. The number of hydrogen-bond acceptors (Lipinski definition) is 3. The van der Waals surface area contributed by atoms with Crippen LogP contribution in [0, 0.1) is 11.6 Å². The highest BCUT2D eigenvalue weighted by molar-refractivity contribution is 7.98. The van der Waals surface area contributed by atoms with E-state index in [1.54, 1.807) is 20.3 Å². The van der Waals surface area contributed by atoms with E-state index in [1.165, 1.54) is 17.8 Å². The molecule has 0 bridgehead atoms. The molecule has 2 aromatic carbocycles. The molecule has 0 saturated heterocycles. The lowest BCUT2D eigenvalue weighted by Gasteiger charge is -2.13. The van der Waals surface area contributed by atoms with E-state index in [4.69, 9.17) is 9.47 Å². The third kappa shape index (κ3) is 4.03. The Morgan fingerprint density at radius 3 is 2.29 bits per heavy atom. The Kier molecular flexibility index (Phi) is 5.73. The molecule has 2 aromatic rings. The zero-order chi connectivity index (χ0) is 15.2. The number of hydrogen-bond donors (Lipinski definition) is 0. The Morgan fingerprint density at radius 2 is 1.67 bits per heavy atom. The van der Waals surface area contributed by atoms with Crippen molar-refractivity contribution in [3.05, 3.63) is 65.2 Å². The van der Waals surface area contributed by atoms with Gasteiger partial charge in [0.2, 0.25) is 0 Å². The zero-order valence-electron chi connectivity index (χ0n) is 11.8. The van der Waals surface area contributed by atoms with Crippen LogP contribution in [0.2, 0.25) is 0 Å². The second-order valence-corrected chi connectivity index (χ2v) is 5.42. The molecule has 21 heavy (non-hydrogen) atoms. The number of methoxy groups -OCH3 is 2. The molecule has 2 nitrogen and oxygen atoms in total. The molecule has 0 saturated carbocycles. The molecular formula is C16H16F2O2S. The third-order valence-electron chi connectivity index (χ3n) is 3.01. The smallest absolute Gasteiger partial charge is 0.183 e. The SMILES string of the molecule is COC(OC)c1ccc(SCc2cccc(F)c2F)cc1. The van der Waals surface area contributed by atoms with E-state index in [1.807, 2.05) is 24.3 Å². The number of rotatable bonds is 6. The lowest BCUT2D eigenvalue weighted by molar-refractivity contribution is -0.106. The van der Waals surface area contributed by atoms with Gasteiger partial charge in [0.05, 0.1) is 0 Å². The van der Waals surface area contributed by atoms with Crippen molar-refractivity contribution in [2.45, 2.75) is 16.9 Å². The highest BCUT2D eigenvalue weighted by Gasteiger charge is 2.10. The van der Waals surface area contributed by atoms with Gasteiger partial charge in [-0.3, -0.25) is 0 Å². The van der Waals surface area contributed by atoms with Crippen LogP contribution >= 0.6 is 11.8 Å². The molecule has 0 aliphatic carbocycles. The first-order chi connectivity index (χ1) is 10.2. The van der Waals surface area contributed by atoms with Crippen LogP contribution in [0.1, 0.15) is 17.4 Å². The van der Waals surface area contributed by atoms with Gasteiger partial charge in [-0.25, -0.2) is 8.78 Å². The maximum Gasteiger partial charge on any atom is 0.183 e. The molecule has 0 N–H and O–H groups in total. The average molecular weight is 310 g/mol. The van der Waals surface area contributed by atoms with Gasteiger partial charge in [0.25, 0.3) is 0 Å². The van der Waals surface area contributed by atoms with Crippen LogP contribution in [0.5, 0.6) is 0 Å². The minimum absolute atomic E-state index is 0.357. The van der Waals surface area contributed by atoms with Crippen LogP contribution in [-0.2, 0) is 15.2 Å². The molecule has 0 spiro atoms. The van der Waals surface area contributed by atoms with Crippen LogP contribution in [0.4, 0.5) is 8.78 Å². The van der Waals surface area contributed by atoms with E-state index in [-0.39, 0.29) is 0 Å². The van der Waals surface area contributed by atoms with Gasteiger partial charge >= 0.3 is 0 Å². The van der Waals surface area contributed by atoms with Gasteiger partial charge in [0.15, 0.2) is 17.9 Å². The number of thioether (sulfide) groups is 1. The van der Waals surface area contributed by atoms with Gasteiger partial charge in [-0.2, -0.15) is 0 Å². The van der Waals surface area contributed by atoms with Gasteiger partial charge in [0, 0.05) is 36.0 Å². The zero-order valence-corrected chi connectivity index (χ0v) is 12.6. The van der Waals surface area contributed by atoms with Crippen LogP contribution < -0.4 is 0 Å². The normalized spacial score (nSPS) is 11.1. The summed E-state index contributed by atoms with van der Waals surface area (Å²) in [4.78, 5) is 0.966. The predicted molar refractivity (Wildman–Crippen MR) is 79.1 cm³/mol. The highest BCUT2D eigenvalue weighted by atomic mass is 32.2. The van der Waals surface area contributed by atoms with Crippen molar-refractivity contribution in [1.82, 2.24) is 0 Å². The highest BCUT2D eigenvalue weighted by Crippen LogP contribution is 2.27. The largest absolute Gasteiger partial charge is 0.352 e. The van der Waals surface area contributed by atoms with Crippen molar-refractivity contribution in [3.8, 4) is 0 Å². The summed E-state index contributed by atoms with van der Waals surface area (Å²) in [6, 6.07) is 11.8. The topological polar surface area (TPSA) is 18.5 Å². The molecule has 0 unspecified atom stereocenters. The molecule has 0 radical (unpaired) electrons. The van der Waals surface area contributed by atoms with E-state index in [2.05, 4.69) is 0 Å². The van der Waals surface area contributed by atoms with Crippen LogP contribution in [0.3, 0.4) is 0 Å². The van der Waals surface area contributed by atoms with Crippen LogP contribution in [-0.4, -0.2) is 14.2 Å². The predicted octanol–water partition coefficient (Wildman–Crippen LogP) is 4.55. The second-order valence-electron chi connectivity index (χ2n) is 4.37. The molecule has 0 aliphatic rings. The van der Waals surface area contributed by atoms with Crippen molar-refractivity contribution >= 4 is 11.8 Å². The summed E-state index contributed by atoms with van der Waals surface area (Å²) >= 11 is 1.44. The molecule has 0 aromatic heterocycles. The minimum Gasteiger partial charge on any atom is -0.352 e. The summed E-state index contributed by atoms with van der Waals surface area (Å²) in [6.45, 7) is 0. The van der Waals surface area contributed by atoms with Crippen LogP contribution in [0.15, 0.2) is 47.4 Å². The second kappa shape index (κ2) is 7.54. The minimum atomic E-state index is -0.813. The fraction of sp³-hybridized carbons (Fsp3) is 0.250. The quantitative estimate of drug-likeness (QED) is 0.576. The molecule has 0 fully saturated rings. The van der Waals surface area contributed by atoms with Crippen molar-refractivity contribution < 1.29 is 18.3 Å². The molecule has 0 heterocycles. The molecule has 5 heteroatoms. The summed E-state index contributed by atoms with van der Waals surface area (Å²) in [5.74, 6) is -1.21. The summed E-state index contributed by atoms with van der Waals surface area (Å²) < 4.78 is 37.0. The van der Waals surface area contributed by atoms with Gasteiger partial charge < -0.3 is 9.47 Å². The maximum absolute atomic E-state index is 13.5. The first-order valence-corrected chi connectivity index (χ1v) is 7.35. The monoisotopic (exact) mass is 310 g/mol. The average Bonchev–Trinajstić information content (AvgIpc) is 2.51. The van der Waals surface area contributed by atoms with Gasteiger partial charge in [0.1, 0.15) is 0 Å². The van der Waals surface area contributed by atoms with Gasteiger partial charge in [-0.15, -0.1) is 11.8 Å². The Balaban J connectivity index is 2.02.